The van der Waals surface area contributed by atoms with Gasteiger partial charge in [-0.2, -0.15) is 0 Å². The topological polar surface area (TPSA) is 15.6 Å². The molecule has 0 amide bonds. The van der Waals surface area contributed by atoms with Gasteiger partial charge < -0.3 is 0 Å². The average molecular weight is 208 g/mol. The Morgan fingerprint density at radius 1 is 1.40 bits per heavy atom. The zero-order chi connectivity index (χ0) is 11.1. The highest BCUT2D eigenvalue weighted by atomic mass is 15.2. The van der Waals surface area contributed by atoms with E-state index < -0.39 is 0 Å². The molecule has 0 radical (unpaired) electrons. The van der Waals surface area contributed by atoms with E-state index in [1.807, 2.05) is 6.08 Å². The van der Waals surface area contributed by atoms with E-state index in [1.54, 1.807) is 0 Å². The Balaban J connectivity index is 2.41. The lowest BCUT2D eigenvalue weighted by Gasteiger charge is -2.25. The highest BCUT2D eigenvalue weighted by molar-refractivity contribution is 5.96. The molecule has 1 saturated heterocycles. The van der Waals surface area contributed by atoms with Gasteiger partial charge in [-0.25, -0.2) is 0 Å². The quantitative estimate of drug-likeness (QED) is 0.634. The SMILES string of the molecule is C=C/C(=N\CN1CCCCC1)C(C)CC. The van der Waals surface area contributed by atoms with Crippen molar-refractivity contribution < 1.29 is 0 Å². The summed E-state index contributed by atoms with van der Waals surface area (Å²) in [5, 5.41) is 0. The van der Waals surface area contributed by atoms with E-state index >= 15 is 0 Å². The summed E-state index contributed by atoms with van der Waals surface area (Å²) in [6.07, 6.45) is 7.12. The molecule has 15 heavy (non-hydrogen) atoms. The molecule has 0 aromatic heterocycles. The predicted octanol–water partition coefficient (Wildman–Crippen LogP) is 3.10. The van der Waals surface area contributed by atoms with Gasteiger partial charge >= 0.3 is 0 Å². The van der Waals surface area contributed by atoms with Crippen LogP contribution in [0.15, 0.2) is 17.6 Å². The fraction of sp³-hybridized carbons (Fsp3) is 0.769. The number of hydrogen-bond acceptors (Lipinski definition) is 2. The van der Waals surface area contributed by atoms with E-state index in [0.29, 0.717) is 5.92 Å². The van der Waals surface area contributed by atoms with Gasteiger partial charge in [0.05, 0.1) is 6.67 Å². The molecule has 0 saturated carbocycles. The molecular weight excluding hydrogens is 184 g/mol. The van der Waals surface area contributed by atoms with E-state index in [0.717, 1.165) is 13.1 Å². The Labute approximate surface area is 94.1 Å². The summed E-state index contributed by atoms with van der Waals surface area (Å²) in [7, 11) is 0. The molecule has 0 aliphatic carbocycles. The number of allylic oxidation sites excluding steroid dienone is 1. The van der Waals surface area contributed by atoms with Gasteiger partial charge in [0.1, 0.15) is 0 Å². The minimum atomic E-state index is 0.548. The molecule has 2 nitrogen and oxygen atoms in total. The van der Waals surface area contributed by atoms with E-state index in [9.17, 15) is 0 Å². The van der Waals surface area contributed by atoms with Crippen LogP contribution < -0.4 is 0 Å². The van der Waals surface area contributed by atoms with Crippen molar-refractivity contribution in [2.24, 2.45) is 10.9 Å². The van der Waals surface area contributed by atoms with E-state index in [2.05, 4.69) is 30.3 Å². The Bertz CT molecular complexity index is 215. The van der Waals surface area contributed by atoms with Gasteiger partial charge in [-0.05, 0) is 44.3 Å². The zero-order valence-corrected chi connectivity index (χ0v) is 10.2. The van der Waals surface area contributed by atoms with Gasteiger partial charge in [0.25, 0.3) is 0 Å². The van der Waals surface area contributed by atoms with E-state index in [4.69, 9.17) is 0 Å². The second kappa shape index (κ2) is 6.78. The molecule has 2 heteroatoms. The lowest BCUT2D eigenvalue weighted by molar-refractivity contribution is 0.235. The largest absolute Gasteiger partial charge is 0.284 e. The van der Waals surface area contributed by atoms with Gasteiger partial charge in [0.15, 0.2) is 0 Å². The van der Waals surface area contributed by atoms with Crippen LogP contribution in [0.1, 0.15) is 39.5 Å². The van der Waals surface area contributed by atoms with Gasteiger partial charge in [-0.15, -0.1) is 0 Å². The zero-order valence-electron chi connectivity index (χ0n) is 10.2. The fourth-order valence-corrected chi connectivity index (χ4v) is 1.91. The Morgan fingerprint density at radius 3 is 2.60 bits per heavy atom. The Kier molecular flexibility index (Phi) is 5.62. The molecular formula is C13H24N2. The number of likely N-dealkylation sites (tertiary alicyclic amines) is 1. The molecule has 1 heterocycles. The number of nitrogens with zero attached hydrogens (tertiary/aromatic N) is 2. The van der Waals surface area contributed by atoms with Crippen molar-refractivity contribution in [2.75, 3.05) is 19.8 Å². The van der Waals surface area contributed by atoms with Crippen molar-refractivity contribution in [3.63, 3.8) is 0 Å². The van der Waals surface area contributed by atoms with Crippen LogP contribution in [0.3, 0.4) is 0 Å². The molecule has 0 spiro atoms. The summed E-state index contributed by atoms with van der Waals surface area (Å²) < 4.78 is 0. The fourth-order valence-electron chi connectivity index (χ4n) is 1.91. The smallest absolute Gasteiger partial charge is 0.0912 e. The summed E-state index contributed by atoms with van der Waals surface area (Å²) >= 11 is 0. The molecule has 0 bridgehead atoms. The minimum absolute atomic E-state index is 0.548. The third kappa shape index (κ3) is 4.17. The minimum Gasteiger partial charge on any atom is -0.284 e. The van der Waals surface area contributed by atoms with Crippen LogP contribution >= 0.6 is 0 Å². The molecule has 1 fully saturated rings. The first-order valence-electron chi connectivity index (χ1n) is 6.17. The van der Waals surface area contributed by atoms with Crippen LogP contribution in [0.25, 0.3) is 0 Å². The highest BCUT2D eigenvalue weighted by Gasteiger charge is 2.10. The molecule has 1 aliphatic rings. The first-order valence-corrected chi connectivity index (χ1v) is 6.17. The van der Waals surface area contributed by atoms with Crippen molar-refractivity contribution in [3.8, 4) is 0 Å². The first kappa shape index (κ1) is 12.4. The van der Waals surface area contributed by atoms with Crippen molar-refractivity contribution in [1.29, 1.82) is 0 Å². The molecule has 1 unspecified atom stereocenters. The monoisotopic (exact) mass is 208 g/mol. The van der Waals surface area contributed by atoms with Crippen LogP contribution in [0.2, 0.25) is 0 Å². The second-order valence-corrected chi connectivity index (χ2v) is 4.42. The summed E-state index contributed by atoms with van der Waals surface area (Å²) in [6, 6.07) is 0. The number of hydrogen-bond donors (Lipinski definition) is 0. The Morgan fingerprint density at radius 2 is 2.07 bits per heavy atom. The number of aliphatic imine (C=N–C) groups is 1. The summed E-state index contributed by atoms with van der Waals surface area (Å²) in [5.74, 6) is 0.548. The van der Waals surface area contributed by atoms with E-state index in [-0.39, 0.29) is 0 Å². The summed E-state index contributed by atoms with van der Waals surface area (Å²) in [4.78, 5) is 7.10. The van der Waals surface area contributed by atoms with Crippen molar-refractivity contribution >= 4 is 5.71 Å². The maximum absolute atomic E-state index is 4.66. The third-order valence-electron chi connectivity index (χ3n) is 3.23. The molecule has 0 aromatic rings. The predicted molar refractivity (Wildman–Crippen MR) is 67.4 cm³/mol. The first-order chi connectivity index (χ1) is 7.27. The van der Waals surface area contributed by atoms with Gasteiger partial charge in [-0.1, -0.05) is 26.8 Å². The Hall–Kier alpha value is -0.630. The third-order valence-corrected chi connectivity index (χ3v) is 3.23. The maximum Gasteiger partial charge on any atom is 0.0912 e. The molecule has 1 aliphatic heterocycles. The van der Waals surface area contributed by atoms with Crippen LogP contribution in [-0.4, -0.2) is 30.4 Å². The van der Waals surface area contributed by atoms with Crippen LogP contribution in [-0.2, 0) is 0 Å². The second-order valence-electron chi connectivity index (χ2n) is 4.42. The molecule has 0 N–H and O–H groups in total. The molecule has 0 aromatic carbocycles. The van der Waals surface area contributed by atoms with Crippen LogP contribution in [0, 0.1) is 5.92 Å². The van der Waals surface area contributed by atoms with Crippen molar-refractivity contribution in [1.82, 2.24) is 4.90 Å². The van der Waals surface area contributed by atoms with E-state index in [1.165, 1.54) is 38.1 Å². The lowest BCUT2D eigenvalue weighted by atomic mass is 10.0. The number of piperidine rings is 1. The van der Waals surface area contributed by atoms with Gasteiger partial charge in [-0.3, -0.25) is 9.89 Å². The van der Waals surface area contributed by atoms with Crippen LogP contribution in [0.4, 0.5) is 0 Å². The molecule has 86 valence electrons. The lowest BCUT2D eigenvalue weighted by Crippen LogP contribution is -2.30. The standard InChI is InChI=1S/C13H24N2/c1-4-12(3)13(5-2)14-11-15-9-7-6-8-10-15/h5,12H,2,4,6-11H2,1,3H3/b14-13+. The van der Waals surface area contributed by atoms with Gasteiger partial charge in [0, 0.05) is 5.71 Å². The van der Waals surface area contributed by atoms with Gasteiger partial charge in [0.2, 0.25) is 0 Å². The normalized spacial score (nSPS) is 21.3. The maximum atomic E-state index is 4.66. The summed E-state index contributed by atoms with van der Waals surface area (Å²) in [6.45, 7) is 11.6. The molecule has 1 atom stereocenters. The average Bonchev–Trinajstić information content (AvgIpc) is 2.31. The summed E-state index contributed by atoms with van der Waals surface area (Å²) in [5.41, 5.74) is 1.17. The van der Waals surface area contributed by atoms with Crippen molar-refractivity contribution in [2.45, 2.75) is 39.5 Å². The highest BCUT2D eigenvalue weighted by Crippen LogP contribution is 2.10. The number of rotatable bonds is 5. The van der Waals surface area contributed by atoms with Crippen LogP contribution in [0.5, 0.6) is 0 Å². The van der Waals surface area contributed by atoms with Crippen molar-refractivity contribution in [3.05, 3.63) is 12.7 Å². The molecule has 1 rings (SSSR count).